The molecular weight excluding hydrogens is 286 g/mol. The highest BCUT2D eigenvalue weighted by molar-refractivity contribution is 7.19. The average molecular weight is 294 g/mol. The highest BCUT2D eigenvalue weighted by Crippen LogP contribution is 2.29. The molecule has 0 aliphatic carbocycles. The van der Waals surface area contributed by atoms with Gasteiger partial charge in [0, 0.05) is 6.20 Å². The van der Waals surface area contributed by atoms with Crippen molar-refractivity contribution in [3.63, 3.8) is 0 Å². The second-order valence-electron chi connectivity index (χ2n) is 3.75. The summed E-state index contributed by atoms with van der Waals surface area (Å²) in [4.78, 5) is 16.7. The molecule has 0 aliphatic heterocycles. The van der Waals surface area contributed by atoms with Gasteiger partial charge in [0.25, 0.3) is 0 Å². The molecule has 0 aromatic carbocycles. The number of hydrogen-bond donors (Lipinski definition) is 0. The first kappa shape index (κ1) is 12.1. The Bertz CT molecular complexity index is 765. The van der Waals surface area contributed by atoms with Gasteiger partial charge in [-0.15, -0.1) is 16.4 Å². The minimum Gasteiger partial charge on any atom is -0.465 e. The molecule has 3 rings (SSSR count). The molecule has 96 valence electrons. The molecule has 0 N–H and O–H groups in total. The summed E-state index contributed by atoms with van der Waals surface area (Å²) >= 11 is 7.30. The maximum absolute atomic E-state index is 11.4. The van der Waals surface area contributed by atoms with Crippen molar-refractivity contribution in [2.75, 3.05) is 7.11 Å². The number of esters is 1. The molecule has 0 saturated heterocycles. The van der Waals surface area contributed by atoms with Crippen molar-refractivity contribution in [3.05, 3.63) is 40.4 Å². The van der Waals surface area contributed by atoms with Gasteiger partial charge in [0.2, 0.25) is 0 Å². The van der Waals surface area contributed by atoms with E-state index in [9.17, 15) is 4.79 Å². The van der Waals surface area contributed by atoms with Gasteiger partial charge in [-0.2, -0.15) is 0 Å². The SMILES string of the molecule is COC(=O)c1ccc2nc(-c3ccc(Cl)s3)nn2c1. The van der Waals surface area contributed by atoms with Crippen molar-refractivity contribution < 1.29 is 9.53 Å². The van der Waals surface area contributed by atoms with Crippen LogP contribution in [0.4, 0.5) is 0 Å². The number of halogens is 1. The Labute approximate surface area is 117 Å². The van der Waals surface area contributed by atoms with Crippen LogP contribution in [-0.2, 0) is 4.74 Å². The second kappa shape index (κ2) is 4.64. The monoisotopic (exact) mass is 293 g/mol. The number of methoxy groups -OCH3 is 1. The quantitative estimate of drug-likeness (QED) is 0.682. The number of hydrogen-bond acceptors (Lipinski definition) is 5. The molecule has 3 aromatic rings. The first-order valence-corrected chi connectivity index (χ1v) is 6.57. The van der Waals surface area contributed by atoms with Crippen LogP contribution in [0.25, 0.3) is 16.3 Å². The lowest BCUT2D eigenvalue weighted by Crippen LogP contribution is -2.03. The zero-order chi connectivity index (χ0) is 13.4. The van der Waals surface area contributed by atoms with Crippen molar-refractivity contribution in [2.45, 2.75) is 0 Å². The summed E-state index contributed by atoms with van der Waals surface area (Å²) in [5, 5.41) is 4.32. The topological polar surface area (TPSA) is 56.5 Å². The summed E-state index contributed by atoms with van der Waals surface area (Å²) in [7, 11) is 1.34. The van der Waals surface area contributed by atoms with Gasteiger partial charge in [-0.25, -0.2) is 14.3 Å². The van der Waals surface area contributed by atoms with E-state index in [4.69, 9.17) is 11.6 Å². The molecule has 0 spiro atoms. The molecular formula is C12H8ClN3O2S. The van der Waals surface area contributed by atoms with Crippen molar-refractivity contribution in [1.82, 2.24) is 14.6 Å². The Morgan fingerprint density at radius 2 is 2.21 bits per heavy atom. The number of aromatic nitrogens is 3. The van der Waals surface area contributed by atoms with E-state index in [1.54, 1.807) is 28.9 Å². The van der Waals surface area contributed by atoms with Crippen molar-refractivity contribution in [3.8, 4) is 10.7 Å². The van der Waals surface area contributed by atoms with Crippen LogP contribution in [0.5, 0.6) is 0 Å². The van der Waals surface area contributed by atoms with Crippen LogP contribution in [0.1, 0.15) is 10.4 Å². The Balaban J connectivity index is 2.08. The zero-order valence-corrected chi connectivity index (χ0v) is 11.4. The fourth-order valence-corrected chi connectivity index (χ4v) is 2.63. The molecule has 0 amide bonds. The van der Waals surface area contributed by atoms with Gasteiger partial charge in [0.05, 0.1) is 21.9 Å². The van der Waals surface area contributed by atoms with Crippen LogP contribution in [0, 0.1) is 0 Å². The third-order valence-corrected chi connectivity index (χ3v) is 3.77. The molecule has 0 aliphatic rings. The van der Waals surface area contributed by atoms with Gasteiger partial charge < -0.3 is 4.74 Å². The lowest BCUT2D eigenvalue weighted by Gasteiger charge is -1.98. The Hall–Kier alpha value is -1.92. The number of fused-ring (bicyclic) bond motifs is 1. The van der Waals surface area contributed by atoms with Crippen LogP contribution in [0.15, 0.2) is 30.5 Å². The third kappa shape index (κ3) is 2.20. The molecule has 5 nitrogen and oxygen atoms in total. The van der Waals surface area contributed by atoms with Gasteiger partial charge in [0.15, 0.2) is 11.5 Å². The normalized spacial score (nSPS) is 10.8. The minimum absolute atomic E-state index is 0.405. The number of carbonyl (C=O) groups is 1. The van der Waals surface area contributed by atoms with Crippen LogP contribution >= 0.6 is 22.9 Å². The van der Waals surface area contributed by atoms with Gasteiger partial charge in [0.1, 0.15) is 0 Å². The third-order valence-electron chi connectivity index (χ3n) is 2.55. The van der Waals surface area contributed by atoms with Crippen LogP contribution < -0.4 is 0 Å². The Morgan fingerprint density at radius 1 is 1.37 bits per heavy atom. The van der Waals surface area contributed by atoms with E-state index in [-0.39, 0.29) is 0 Å². The number of rotatable bonds is 2. The minimum atomic E-state index is -0.405. The predicted octanol–water partition coefficient (Wildman–Crippen LogP) is 2.90. The molecule has 0 saturated carbocycles. The number of ether oxygens (including phenoxy) is 1. The van der Waals surface area contributed by atoms with Crippen LogP contribution in [0.2, 0.25) is 4.34 Å². The summed E-state index contributed by atoms with van der Waals surface area (Å²) in [6.07, 6.45) is 1.59. The summed E-state index contributed by atoms with van der Waals surface area (Å²) in [6.45, 7) is 0. The lowest BCUT2D eigenvalue weighted by molar-refractivity contribution is 0.0600. The number of carbonyl (C=O) groups excluding carboxylic acids is 1. The van der Waals surface area contributed by atoms with E-state index < -0.39 is 5.97 Å². The van der Waals surface area contributed by atoms with Gasteiger partial charge in [-0.3, -0.25) is 0 Å². The molecule has 19 heavy (non-hydrogen) atoms. The van der Waals surface area contributed by atoms with Gasteiger partial charge in [-0.1, -0.05) is 11.6 Å². The fraction of sp³-hybridized carbons (Fsp3) is 0.0833. The summed E-state index contributed by atoms with van der Waals surface area (Å²) in [5.74, 6) is 0.178. The standard InChI is InChI=1S/C12H8ClN3O2S/c1-18-12(17)7-2-5-10-14-11(15-16(10)6-7)8-3-4-9(13)19-8/h2-6H,1H3. The molecule has 7 heteroatoms. The largest absolute Gasteiger partial charge is 0.465 e. The number of thiophene rings is 1. The summed E-state index contributed by atoms with van der Waals surface area (Å²) in [5.41, 5.74) is 1.09. The van der Waals surface area contributed by atoms with E-state index in [1.165, 1.54) is 18.4 Å². The highest BCUT2D eigenvalue weighted by atomic mass is 35.5. The molecule has 3 heterocycles. The highest BCUT2D eigenvalue weighted by Gasteiger charge is 2.11. The van der Waals surface area contributed by atoms with E-state index in [1.807, 2.05) is 6.07 Å². The van der Waals surface area contributed by atoms with Crippen LogP contribution in [0.3, 0.4) is 0 Å². The van der Waals surface area contributed by atoms with Crippen molar-refractivity contribution in [1.29, 1.82) is 0 Å². The maximum Gasteiger partial charge on any atom is 0.339 e. The number of nitrogens with zero attached hydrogens (tertiary/aromatic N) is 3. The van der Waals surface area contributed by atoms with Crippen molar-refractivity contribution in [2.24, 2.45) is 0 Å². The smallest absolute Gasteiger partial charge is 0.339 e. The second-order valence-corrected chi connectivity index (χ2v) is 5.47. The maximum atomic E-state index is 11.4. The molecule has 0 bridgehead atoms. The number of pyridine rings is 1. The zero-order valence-electron chi connectivity index (χ0n) is 9.83. The van der Waals surface area contributed by atoms with Crippen molar-refractivity contribution >= 4 is 34.6 Å². The van der Waals surface area contributed by atoms with Gasteiger partial charge in [-0.05, 0) is 24.3 Å². The first-order chi connectivity index (χ1) is 9.17. The summed E-state index contributed by atoms with van der Waals surface area (Å²) in [6, 6.07) is 7.04. The molecule has 0 atom stereocenters. The molecule has 0 fully saturated rings. The molecule has 0 unspecified atom stereocenters. The Morgan fingerprint density at radius 3 is 2.89 bits per heavy atom. The molecule has 3 aromatic heterocycles. The van der Waals surface area contributed by atoms with Crippen LogP contribution in [-0.4, -0.2) is 27.7 Å². The predicted molar refractivity (Wildman–Crippen MR) is 72.6 cm³/mol. The molecule has 0 radical (unpaired) electrons. The average Bonchev–Trinajstić information content (AvgIpc) is 3.02. The fourth-order valence-electron chi connectivity index (χ4n) is 1.66. The van der Waals surface area contributed by atoms with Gasteiger partial charge >= 0.3 is 5.97 Å². The Kier molecular flexibility index (Phi) is 2.96. The van der Waals surface area contributed by atoms with E-state index in [2.05, 4.69) is 14.8 Å². The summed E-state index contributed by atoms with van der Waals surface area (Å²) < 4.78 is 6.90. The van der Waals surface area contributed by atoms with E-state index >= 15 is 0 Å². The van der Waals surface area contributed by atoms with E-state index in [0.717, 1.165) is 4.88 Å². The first-order valence-electron chi connectivity index (χ1n) is 5.38. The van der Waals surface area contributed by atoms with E-state index in [0.29, 0.717) is 21.4 Å². The lowest BCUT2D eigenvalue weighted by atomic mass is 10.3.